The molecule has 1 aliphatic carbocycles. The van der Waals surface area contributed by atoms with Crippen molar-refractivity contribution in [3.8, 4) is 0 Å². The molecule has 2 atom stereocenters. The molecule has 2 heteroatoms. The van der Waals surface area contributed by atoms with Gasteiger partial charge in [-0.05, 0) is 62.6 Å². The molecule has 0 saturated heterocycles. The predicted molar refractivity (Wildman–Crippen MR) is 86.1 cm³/mol. The van der Waals surface area contributed by atoms with E-state index >= 15 is 0 Å². The van der Waals surface area contributed by atoms with E-state index in [1.54, 1.807) is 15.3 Å². The molecular formula is C17H29NS. The number of rotatable bonds is 7. The standard InChI is InChI=1S/C17H29NS/c1-4-10-18-15(11-13(3)5-2)17-12-14-8-6-7-9-16(14)19-17/h12-13,15,18H,4-11H2,1-3H3. The van der Waals surface area contributed by atoms with Crippen LogP contribution in [0.3, 0.4) is 0 Å². The van der Waals surface area contributed by atoms with Gasteiger partial charge < -0.3 is 5.32 Å². The second kappa shape index (κ2) is 7.44. The number of hydrogen-bond donors (Lipinski definition) is 1. The van der Waals surface area contributed by atoms with Gasteiger partial charge in [0.15, 0.2) is 0 Å². The SMILES string of the molecule is CCCNC(CC(C)CC)c1cc2c(s1)CCCC2. The average molecular weight is 279 g/mol. The van der Waals surface area contributed by atoms with Gasteiger partial charge in [-0.25, -0.2) is 0 Å². The van der Waals surface area contributed by atoms with Crippen LogP contribution in [0.15, 0.2) is 6.07 Å². The number of aryl methyl sites for hydroxylation is 2. The van der Waals surface area contributed by atoms with E-state index in [0.29, 0.717) is 6.04 Å². The molecule has 0 aromatic carbocycles. The van der Waals surface area contributed by atoms with Crippen molar-refractivity contribution in [2.75, 3.05) is 6.54 Å². The minimum absolute atomic E-state index is 0.588. The number of hydrogen-bond acceptors (Lipinski definition) is 2. The van der Waals surface area contributed by atoms with E-state index in [4.69, 9.17) is 0 Å². The van der Waals surface area contributed by atoms with E-state index < -0.39 is 0 Å². The van der Waals surface area contributed by atoms with E-state index in [0.717, 1.165) is 12.5 Å². The van der Waals surface area contributed by atoms with Gasteiger partial charge in [0.2, 0.25) is 0 Å². The summed E-state index contributed by atoms with van der Waals surface area (Å²) >= 11 is 2.08. The summed E-state index contributed by atoms with van der Waals surface area (Å²) in [6.45, 7) is 8.09. The molecule has 1 heterocycles. The summed E-state index contributed by atoms with van der Waals surface area (Å²) in [6.07, 6.45) is 9.22. The third-order valence-electron chi connectivity index (χ3n) is 4.33. The van der Waals surface area contributed by atoms with Crippen LogP contribution in [0.4, 0.5) is 0 Å². The Morgan fingerprint density at radius 2 is 2.05 bits per heavy atom. The highest BCUT2D eigenvalue weighted by molar-refractivity contribution is 7.12. The molecule has 0 saturated carbocycles. The van der Waals surface area contributed by atoms with E-state index in [9.17, 15) is 0 Å². The summed E-state index contributed by atoms with van der Waals surface area (Å²) in [5.41, 5.74) is 1.65. The fraction of sp³-hybridized carbons (Fsp3) is 0.765. The van der Waals surface area contributed by atoms with Gasteiger partial charge in [0.25, 0.3) is 0 Å². The Bertz CT molecular complexity index is 359. The van der Waals surface area contributed by atoms with Gasteiger partial charge >= 0.3 is 0 Å². The third-order valence-corrected chi connectivity index (χ3v) is 5.69. The van der Waals surface area contributed by atoms with Gasteiger partial charge in [-0.1, -0.05) is 27.2 Å². The molecule has 1 aromatic heterocycles. The first-order chi connectivity index (χ1) is 9.24. The van der Waals surface area contributed by atoms with Crippen molar-refractivity contribution in [2.24, 2.45) is 5.92 Å². The smallest absolute Gasteiger partial charge is 0.0417 e. The maximum absolute atomic E-state index is 3.77. The monoisotopic (exact) mass is 279 g/mol. The Morgan fingerprint density at radius 1 is 1.26 bits per heavy atom. The Hall–Kier alpha value is -0.340. The quantitative estimate of drug-likeness (QED) is 0.732. The molecule has 0 amide bonds. The van der Waals surface area contributed by atoms with Crippen molar-refractivity contribution < 1.29 is 0 Å². The molecule has 1 N–H and O–H groups in total. The molecule has 0 bridgehead atoms. The molecule has 0 spiro atoms. The molecule has 2 rings (SSSR count). The number of thiophene rings is 1. The second-order valence-corrected chi connectivity index (χ2v) is 7.23. The molecule has 0 radical (unpaired) electrons. The highest BCUT2D eigenvalue weighted by atomic mass is 32.1. The summed E-state index contributed by atoms with van der Waals surface area (Å²) in [7, 11) is 0. The van der Waals surface area contributed by atoms with Crippen LogP contribution >= 0.6 is 11.3 Å². The average Bonchev–Trinajstić information content (AvgIpc) is 2.86. The lowest BCUT2D eigenvalue weighted by Crippen LogP contribution is -2.23. The van der Waals surface area contributed by atoms with Gasteiger partial charge in [0.1, 0.15) is 0 Å². The molecule has 1 aromatic rings. The van der Waals surface area contributed by atoms with Crippen LogP contribution < -0.4 is 5.32 Å². The topological polar surface area (TPSA) is 12.0 Å². The summed E-state index contributed by atoms with van der Waals surface area (Å²) in [6, 6.07) is 3.10. The highest BCUT2D eigenvalue weighted by Crippen LogP contribution is 2.35. The minimum atomic E-state index is 0.588. The maximum Gasteiger partial charge on any atom is 0.0417 e. The lowest BCUT2D eigenvalue weighted by atomic mass is 9.96. The molecule has 0 fully saturated rings. The molecule has 0 aliphatic heterocycles. The zero-order chi connectivity index (χ0) is 13.7. The van der Waals surface area contributed by atoms with Crippen molar-refractivity contribution >= 4 is 11.3 Å². The van der Waals surface area contributed by atoms with Crippen molar-refractivity contribution in [3.05, 3.63) is 21.4 Å². The Balaban J connectivity index is 2.09. The molecule has 2 unspecified atom stereocenters. The fourth-order valence-corrected chi connectivity index (χ4v) is 4.22. The summed E-state index contributed by atoms with van der Waals surface area (Å²) in [5, 5.41) is 3.77. The predicted octanol–water partition coefficient (Wildman–Crippen LogP) is 5.10. The highest BCUT2D eigenvalue weighted by Gasteiger charge is 2.20. The normalized spacial score (nSPS) is 18.1. The first kappa shape index (κ1) is 15.1. The van der Waals surface area contributed by atoms with Crippen LogP contribution in [0.2, 0.25) is 0 Å². The molecule has 1 nitrogen and oxygen atoms in total. The van der Waals surface area contributed by atoms with Crippen LogP contribution in [-0.2, 0) is 12.8 Å². The summed E-state index contributed by atoms with van der Waals surface area (Å²) in [4.78, 5) is 3.27. The van der Waals surface area contributed by atoms with Gasteiger partial charge in [-0.3, -0.25) is 0 Å². The molecule has 108 valence electrons. The Kier molecular flexibility index (Phi) is 5.90. The minimum Gasteiger partial charge on any atom is -0.309 e. The van der Waals surface area contributed by atoms with E-state index in [-0.39, 0.29) is 0 Å². The summed E-state index contributed by atoms with van der Waals surface area (Å²) < 4.78 is 0. The maximum atomic E-state index is 3.77. The van der Waals surface area contributed by atoms with Gasteiger partial charge in [0, 0.05) is 15.8 Å². The Labute approximate surface area is 122 Å². The van der Waals surface area contributed by atoms with Crippen LogP contribution in [0, 0.1) is 5.92 Å². The third kappa shape index (κ3) is 4.06. The molecule has 19 heavy (non-hydrogen) atoms. The lowest BCUT2D eigenvalue weighted by molar-refractivity contribution is 0.406. The van der Waals surface area contributed by atoms with Crippen molar-refractivity contribution in [1.82, 2.24) is 5.32 Å². The van der Waals surface area contributed by atoms with Crippen LogP contribution in [0.5, 0.6) is 0 Å². The number of nitrogens with one attached hydrogen (secondary N) is 1. The van der Waals surface area contributed by atoms with Gasteiger partial charge in [0.05, 0.1) is 0 Å². The molecular weight excluding hydrogens is 250 g/mol. The Morgan fingerprint density at radius 3 is 2.74 bits per heavy atom. The van der Waals surface area contributed by atoms with Gasteiger partial charge in [-0.2, -0.15) is 0 Å². The van der Waals surface area contributed by atoms with Crippen LogP contribution in [0.25, 0.3) is 0 Å². The van der Waals surface area contributed by atoms with Crippen LogP contribution in [0.1, 0.15) is 74.2 Å². The van der Waals surface area contributed by atoms with Crippen molar-refractivity contribution in [3.63, 3.8) is 0 Å². The van der Waals surface area contributed by atoms with E-state index in [1.165, 1.54) is 44.9 Å². The first-order valence-electron chi connectivity index (χ1n) is 8.09. The molecule has 1 aliphatic rings. The van der Waals surface area contributed by atoms with Crippen molar-refractivity contribution in [2.45, 2.75) is 71.8 Å². The first-order valence-corrected chi connectivity index (χ1v) is 8.91. The lowest BCUT2D eigenvalue weighted by Gasteiger charge is -2.20. The van der Waals surface area contributed by atoms with Crippen molar-refractivity contribution in [1.29, 1.82) is 0 Å². The number of fused-ring (bicyclic) bond motifs is 1. The van der Waals surface area contributed by atoms with Gasteiger partial charge in [-0.15, -0.1) is 11.3 Å². The zero-order valence-electron chi connectivity index (χ0n) is 12.8. The van der Waals surface area contributed by atoms with E-state index in [2.05, 4.69) is 43.5 Å². The second-order valence-electron chi connectivity index (χ2n) is 6.06. The largest absolute Gasteiger partial charge is 0.309 e. The summed E-state index contributed by atoms with van der Waals surface area (Å²) in [5.74, 6) is 0.813. The van der Waals surface area contributed by atoms with E-state index in [1.807, 2.05) is 0 Å². The zero-order valence-corrected chi connectivity index (χ0v) is 13.6. The fourth-order valence-electron chi connectivity index (χ4n) is 2.87. The van der Waals surface area contributed by atoms with Crippen LogP contribution in [-0.4, -0.2) is 6.54 Å².